The van der Waals surface area contributed by atoms with Gasteiger partial charge in [-0.05, 0) is 64.7 Å². The van der Waals surface area contributed by atoms with Gasteiger partial charge < -0.3 is 8.83 Å². The van der Waals surface area contributed by atoms with Gasteiger partial charge in [0.05, 0.1) is 0 Å². The van der Waals surface area contributed by atoms with Crippen LogP contribution in [0.5, 0.6) is 0 Å². The summed E-state index contributed by atoms with van der Waals surface area (Å²) >= 11 is 1.85. The molecule has 294 valence electrons. The molecule has 0 N–H and O–H groups in total. The third kappa shape index (κ3) is 5.86. The molecule has 13 rings (SSSR count). The second kappa shape index (κ2) is 14.2. The number of pyridine rings is 1. The van der Waals surface area contributed by atoms with Gasteiger partial charge in [-0.1, -0.05) is 140 Å². The first-order valence-corrected chi connectivity index (χ1v) is 21.7. The van der Waals surface area contributed by atoms with Crippen LogP contribution in [0, 0.1) is 0 Å². The minimum Gasteiger partial charge on any atom is -0.456 e. The van der Waals surface area contributed by atoms with Crippen molar-refractivity contribution in [1.29, 1.82) is 0 Å². The van der Waals surface area contributed by atoms with Crippen molar-refractivity contribution in [1.82, 2.24) is 19.9 Å². The first-order chi connectivity index (χ1) is 31.2. The predicted molar refractivity (Wildman–Crippen MR) is 258 cm³/mol. The van der Waals surface area contributed by atoms with Crippen LogP contribution in [0.3, 0.4) is 0 Å². The number of benzene rings is 8. The van der Waals surface area contributed by atoms with E-state index < -0.39 is 0 Å². The smallest absolute Gasteiger partial charge is 0.164 e. The van der Waals surface area contributed by atoms with Crippen molar-refractivity contribution in [3.05, 3.63) is 194 Å². The summed E-state index contributed by atoms with van der Waals surface area (Å²) in [5.41, 5.74) is 12.5. The number of para-hydroxylation sites is 2. The molecule has 13 aromatic rings. The van der Waals surface area contributed by atoms with Crippen molar-refractivity contribution in [2.45, 2.75) is 0 Å². The maximum Gasteiger partial charge on any atom is 0.164 e. The van der Waals surface area contributed by atoms with Crippen LogP contribution in [0.1, 0.15) is 0 Å². The fraction of sp³-hybridized carbons (Fsp3) is 0. The monoisotopic (exact) mass is 824 g/mol. The molecule has 0 fully saturated rings. The summed E-state index contributed by atoms with van der Waals surface area (Å²) in [7, 11) is 0. The van der Waals surface area contributed by atoms with E-state index in [1.807, 2.05) is 53.9 Å². The van der Waals surface area contributed by atoms with Crippen molar-refractivity contribution < 1.29 is 8.83 Å². The summed E-state index contributed by atoms with van der Waals surface area (Å²) in [6.07, 6.45) is 3.65. The van der Waals surface area contributed by atoms with Gasteiger partial charge >= 0.3 is 0 Å². The fourth-order valence-electron chi connectivity index (χ4n) is 9.01. The summed E-state index contributed by atoms with van der Waals surface area (Å²) in [6.45, 7) is 0. The standard InChI is InChI=1S/C56H32N4O2S/c1-4-15-47-40(10-1)41-27-26-37(31-49(41)61-47)56-59-54(35-22-18-33(19-23-35)38-9-8-30-57-32-38)58-55(60-56)36-24-20-34(21-25-36)39-28-29-43(51-46-12-2-5-16-48(46)62-52(39)51)45-14-7-13-44-42-11-3-6-17-50(42)63-53(44)45/h1-32H. The predicted octanol–water partition coefficient (Wildman–Crippen LogP) is 15.4. The Labute approximate surface area is 364 Å². The highest BCUT2D eigenvalue weighted by Crippen LogP contribution is 2.46. The summed E-state index contributed by atoms with van der Waals surface area (Å²) in [4.78, 5) is 19.6. The number of hydrogen-bond donors (Lipinski definition) is 0. The molecule has 8 aromatic carbocycles. The van der Waals surface area contributed by atoms with Gasteiger partial charge in [0.15, 0.2) is 17.5 Å². The molecule has 5 heterocycles. The van der Waals surface area contributed by atoms with E-state index in [1.54, 1.807) is 6.20 Å². The molecule has 0 aliphatic carbocycles. The molecule has 0 spiro atoms. The van der Waals surface area contributed by atoms with Crippen LogP contribution in [-0.4, -0.2) is 19.9 Å². The zero-order valence-electron chi connectivity index (χ0n) is 33.5. The average Bonchev–Trinajstić information content (AvgIpc) is 4.06. The van der Waals surface area contributed by atoms with Crippen LogP contribution in [0.25, 0.3) is 132 Å². The summed E-state index contributed by atoms with van der Waals surface area (Å²) in [5, 5.41) is 6.89. The molecule has 0 radical (unpaired) electrons. The molecular formula is C56H32N4O2S. The maximum atomic E-state index is 6.76. The minimum absolute atomic E-state index is 0.561. The van der Waals surface area contributed by atoms with Crippen molar-refractivity contribution >= 4 is 75.4 Å². The average molecular weight is 825 g/mol. The van der Waals surface area contributed by atoms with Crippen molar-refractivity contribution in [2.24, 2.45) is 0 Å². The van der Waals surface area contributed by atoms with E-state index in [0.29, 0.717) is 17.5 Å². The molecule has 0 atom stereocenters. The van der Waals surface area contributed by atoms with Crippen LogP contribution in [-0.2, 0) is 0 Å². The Morgan fingerprint density at radius 2 is 0.968 bits per heavy atom. The van der Waals surface area contributed by atoms with E-state index in [-0.39, 0.29) is 0 Å². The Kier molecular flexibility index (Phi) is 7.98. The Morgan fingerprint density at radius 3 is 1.73 bits per heavy atom. The second-order valence-electron chi connectivity index (χ2n) is 15.8. The van der Waals surface area contributed by atoms with Crippen molar-refractivity contribution in [3.63, 3.8) is 0 Å². The van der Waals surface area contributed by atoms with Crippen LogP contribution >= 0.6 is 11.3 Å². The first-order valence-electron chi connectivity index (χ1n) is 20.8. The molecule has 0 amide bonds. The van der Waals surface area contributed by atoms with Gasteiger partial charge in [-0.15, -0.1) is 11.3 Å². The van der Waals surface area contributed by atoms with E-state index in [1.165, 1.54) is 25.7 Å². The van der Waals surface area contributed by atoms with Crippen LogP contribution < -0.4 is 0 Å². The number of hydrogen-bond acceptors (Lipinski definition) is 7. The van der Waals surface area contributed by atoms with Gasteiger partial charge in [-0.25, -0.2) is 15.0 Å². The molecule has 7 heteroatoms. The van der Waals surface area contributed by atoms with Crippen LogP contribution in [0.15, 0.2) is 203 Å². The largest absolute Gasteiger partial charge is 0.456 e. The molecule has 63 heavy (non-hydrogen) atoms. The normalized spacial score (nSPS) is 11.8. The molecular weight excluding hydrogens is 793 g/mol. The molecule has 0 bridgehead atoms. The number of furan rings is 2. The highest BCUT2D eigenvalue weighted by molar-refractivity contribution is 7.26. The van der Waals surface area contributed by atoms with Gasteiger partial charge in [0, 0.05) is 81.9 Å². The van der Waals surface area contributed by atoms with Crippen LogP contribution in [0.2, 0.25) is 0 Å². The molecule has 0 aliphatic heterocycles. The third-order valence-corrected chi connectivity index (χ3v) is 13.3. The summed E-state index contributed by atoms with van der Waals surface area (Å²) in [5.74, 6) is 1.71. The number of rotatable bonds is 6. The Balaban J connectivity index is 0.931. The number of thiophene rings is 1. The SMILES string of the molecule is c1cncc(-c2ccc(-c3nc(-c4ccc(-c5ccc(-c6cccc7c6sc6ccccc67)c6c5oc5ccccc56)cc4)nc(-c4ccc5c(c4)oc4ccccc45)n3)cc2)c1. The summed E-state index contributed by atoms with van der Waals surface area (Å²) in [6, 6.07) is 63.1. The first kappa shape index (κ1) is 35.5. The number of nitrogens with zero attached hydrogens (tertiary/aromatic N) is 4. The van der Waals surface area contributed by atoms with E-state index in [4.69, 9.17) is 23.8 Å². The number of fused-ring (bicyclic) bond motifs is 9. The highest BCUT2D eigenvalue weighted by Gasteiger charge is 2.21. The fourth-order valence-corrected chi connectivity index (χ4v) is 10.2. The molecule has 0 aliphatic rings. The molecule has 0 unspecified atom stereocenters. The minimum atomic E-state index is 0.561. The third-order valence-electron chi connectivity index (χ3n) is 12.1. The van der Waals surface area contributed by atoms with E-state index in [0.717, 1.165) is 88.4 Å². The lowest BCUT2D eigenvalue weighted by molar-refractivity contribution is 0.669. The van der Waals surface area contributed by atoms with E-state index in [9.17, 15) is 0 Å². The van der Waals surface area contributed by atoms with E-state index in [2.05, 4.69) is 151 Å². The Hall–Kier alpha value is -8.26. The molecule has 6 nitrogen and oxygen atoms in total. The lowest BCUT2D eigenvalue weighted by Crippen LogP contribution is -2.00. The van der Waals surface area contributed by atoms with Gasteiger partial charge in [0.1, 0.15) is 22.3 Å². The molecule has 0 saturated carbocycles. The van der Waals surface area contributed by atoms with Crippen molar-refractivity contribution in [3.8, 4) is 67.5 Å². The lowest BCUT2D eigenvalue weighted by atomic mass is 9.93. The van der Waals surface area contributed by atoms with Gasteiger partial charge in [0.2, 0.25) is 0 Å². The Bertz CT molecular complexity index is 3910. The topological polar surface area (TPSA) is 77.8 Å². The maximum absolute atomic E-state index is 6.76. The number of aromatic nitrogens is 4. The second-order valence-corrected chi connectivity index (χ2v) is 16.8. The van der Waals surface area contributed by atoms with Gasteiger partial charge in [-0.2, -0.15) is 0 Å². The van der Waals surface area contributed by atoms with Gasteiger partial charge in [0.25, 0.3) is 0 Å². The van der Waals surface area contributed by atoms with E-state index >= 15 is 0 Å². The molecule has 0 saturated heterocycles. The quantitative estimate of drug-likeness (QED) is 0.166. The summed E-state index contributed by atoms with van der Waals surface area (Å²) < 4.78 is 15.6. The zero-order chi connectivity index (χ0) is 41.4. The van der Waals surface area contributed by atoms with Gasteiger partial charge in [-0.3, -0.25) is 4.98 Å². The zero-order valence-corrected chi connectivity index (χ0v) is 34.3. The lowest BCUT2D eigenvalue weighted by Gasteiger charge is -2.11. The van der Waals surface area contributed by atoms with Crippen LogP contribution in [0.4, 0.5) is 0 Å². The van der Waals surface area contributed by atoms with Crippen molar-refractivity contribution in [2.75, 3.05) is 0 Å². The Morgan fingerprint density at radius 1 is 0.365 bits per heavy atom. The highest BCUT2D eigenvalue weighted by atomic mass is 32.1. The molecule has 5 aromatic heterocycles.